The second-order valence-electron chi connectivity index (χ2n) is 5.62. The fourth-order valence-corrected chi connectivity index (χ4v) is 4.61. The lowest BCUT2D eigenvalue weighted by atomic mass is 10.1. The van der Waals surface area contributed by atoms with Gasteiger partial charge in [0.1, 0.15) is 5.82 Å². The van der Waals surface area contributed by atoms with Crippen molar-refractivity contribution in [3.8, 4) is 0 Å². The van der Waals surface area contributed by atoms with Crippen molar-refractivity contribution in [3.63, 3.8) is 0 Å². The minimum atomic E-state index is -3.63. The molecule has 1 atom stereocenters. The van der Waals surface area contributed by atoms with Gasteiger partial charge in [-0.2, -0.15) is 11.3 Å². The maximum absolute atomic E-state index is 13.0. The third-order valence-electron chi connectivity index (χ3n) is 4.10. The van der Waals surface area contributed by atoms with E-state index in [1.807, 2.05) is 11.4 Å². The van der Waals surface area contributed by atoms with E-state index in [2.05, 4.69) is 15.0 Å². The summed E-state index contributed by atoms with van der Waals surface area (Å²) in [5.74, 6) is -0.447. The molecule has 1 N–H and O–H groups in total. The minimum absolute atomic E-state index is 0.0407. The molecule has 0 unspecified atom stereocenters. The van der Waals surface area contributed by atoms with Crippen LogP contribution in [0.2, 0.25) is 0 Å². The van der Waals surface area contributed by atoms with Crippen LogP contribution in [0, 0.1) is 5.82 Å². The molecule has 1 aromatic heterocycles. The predicted octanol–water partition coefficient (Wildman–Crippen LogP) is 3.00. The lowest BCUT2D eigenvalue weighted by molar-refractivity contribution is 0.247. The Bertz CT molecular complexity index is 724. The van der Waals surface area contributed by atoms with Gasteiger partial charge >= 0.3 is 0 Å². The smallest absolute Gasteiger partial charge is 0.240 e. The van der Waals surface area contributed by atoms with Gasteiger partial charge < -0.3 is 0 Å². The van der Waals surface area contributed by atoms with Gasteiger partial charge in [0.05, 0.1) is 4.90 Å². The summed E-state index contributed by atoms with van der Waals surface area (Å²) < 4.78 is 40.4. The second-order valence-corrected chi connectivity index (χ2v) is 8.17. The molecule has 0 aliphatic carbocycles. The molecule has 4 nitrogen and oxygen atoms in total. The molecule has 0 spiro atoms. The van der Waals surface area contributed by atoms with Crippen LogP contribution in [-0.2, 0) is 10.0 Å². The number of nitrogens with one attached hydrogen (secondary N) is 1. The SMILES string of the molecule is O=S(=O)(NC[C@H](c1ccsc1)N1CCCC1)c1ccc(F)cc1. The molecule has 0 radical (unpaired) electrons. The van der Waals surface area contributed by atoms with Crippen LogP contribution in [0.15, 0.2) is 46.0 Å². The first-order chi connectivity index (χ1) is 11.1. The van der Waals surface area contributed by atoms with Crippen molar-refractivity contribution in [1.82, 2.24) is 9.62 Å². The average Bonchev–Trinajstić information content (AvgIpc) is 3.21. The van der Waals surface area contributed by atoms with Crippen molar-refractivity contribution >= 4 is 21.4 Å². The molecule has 2 aromatic rings. The Kier molecular flexibility index (Phi) is 5.11. The summed E-state index contributed by atoms with van der Waals surface area (Å²) in [6.07, 6.45) is 2.29. The Morgan fingerprint density at radius 3 is 2.48 bits per heavy atom. The molecule has 3 rings (SSSR count). The third-order valence-corrected chi connectivity index (χ3v) is 6.24. The van der Waals surface area contributed by atoms with Crippen LogP contribution in [0.1, 0.15) is 24.4 Å². The van der Waals surface area contributed by atoms with Crippen LogP contribution in [0.4, 0.5) is 4.39 Å². The molecule has 1 aromatic carbocycles. The fraction of sp³-hybridized carbons (Fsp3) is 0.375. The first kappa shape index (κ1) is 16.6. The van der Waals surface area contributed by atoms with Crippen LogP contribution >= 0.6 is 11.3 Å². The van der Waals surface area contributed by atoms with E-state index < -0.39 is 15.8 Å². The van der Waals surface area contributed by atoms with Crippen LogP contribution in [0.5, 0.6) is 0 Å². The van der Waals surface area contributed by atoms with Crippen molar-refractivity contribution < 1.29 is 12.8 Å². The summed E-state index contributed by atoms with van der Waals surface area (Å²) in [6, 6.07) is 6.97. The number of nitrogens with zero attached hydrogens (tertiary/aromatic N) is 1. The zero-order valence-electron chi connectivity index (χ0n) is 12.6. The molecule has 1 aliphatic heterocycles. The van der Waals surface area contributed by atoms with Gasteiger partial charge in [-0.1, -0.05) is 0 Å². The quantitative estimate of drug-likeness (QED) is 0.868. The first-order valence-electron chi connectivity index (χ1n) is 7.58. The monoisotopic (exact) mass is 354 g/mol. The molecule has 23 heavy (non-hydrogen) atoms. The Morgan fingerprint density at radius 1 is 1.17 bits per heavy atom. The van der Waals surface area contributed by atoms with Crippen LogP contribution in [0.25, 0.3) is 0 Å². The highest BCUT2D eigenvalue weighted by Gasteiger charge is 2.25. The van der Waals surface area contributed by atoms with E-state index in [0.29, 0.717) is 6.54 Å². The standard InChI is InChI=1S/C16H19FN2O2S2/c17-14-3-5-15(6-4-14)23(20,21)18-11-16(13-7-10-22-12-13)19-8-1-2-9-19/h3-7,10,12,16,18H,1-2,8-9,11H2/t16-/m1/s1. The molecule has 1 aliphatic rings. The zero-order valence-corrected chi connectivity index (χ0v) is 14.2. The molecule has 7 heteroatoms. The van der Waals surface area contributed by atoms with Gasteiger partial charge in [0.25, 0.3) is 0 Å². The van der Waals surface area contributed by atoms with Crippen molar-refractivity contribution in [1.29, 1.82) is 0 Å². The van der Waals surface area contributed by atoms with Gasteiger partial charge in [0.2, 0.25) is 10.0 Å². The highest BCUT2D eigenvalue weighted by molar-refractivity contribution is 7.89. The van der Waals surface area contributed by atoms with E-state index in [9.17, 15) is 12.8 Å². The van der Waals surface area contributed by atoms with Crippen LogP contribution in [0.3, 0.4) is 0 Å². The summed E-state index contributed by atoms with van der Waals surface area (Å²) in [5.41, 5.74) is 1.14. The van der Waals surface area contributed by atoms with Crippen molar-refractivity contribution in [2.24, 2.45) is 0 Å². The normalized spacial score (nSPS) is 17.4. The Balaban J connectivity index is 1.74. The largest absolute Gasteiger partial charge is 0.295 e. The van der Waals surface area contributed by atoms with Gasteiger partial charge in [-0.25, -0.2) is 17.5 Å². The van der Waals surface area contributed by atoms with Gasteiger partial charge in [-0.3, -0.25) is 4.90 Å². The molecule has 0 amide bonds. The van der Waals surface area contributed by atoms with Gasteiger partial charge in [-0.05, 0) is 72.6 Å². The number of likely N-dealkylation sites (tertiary alicyclic amines) is 1. The van der Waals surface area contributed by atoms with E-state index in [1.165, 1.54) is 12.1 Å². The molecular weight excluding hydrogens is 335 g/mol. The number of hydrogen-bond donors (Lipinski definition) is 1. The van der Waals surface area contributed by atoms with E-state index in [0.717, 1.165) is 43.6 Å². The summed E-state index contributed by atoms with van der Waals surface area (Å²) >= 11 is 1.61. The minimum Gasteiger partial charge on any atom is -0.295 e. The Morgan fingerprint density at radius 2 is 1.87 bits per heavy atom. The van der Waals surface area contributed by atoms with E-state index in [-0.39, 0.29) is 10.9 Å². The summed E-state index contributed by atoms with van der Waals surface area (Å²) in [7, 11) is -3.63. The fourth-order valence-electron chi connectivity index (χ4n) is 2.86. The third kappa shape index (κ3) is 3.98. The Labute approximate surface area is 140 Å². The topological polar surface area (TPSA) is 49.4 Å². The number of benzene rings is 1. The van der Waals surface area contributed by atoms with E-state index in [1.54, 1.807) is 11.3 Å². The number of rotatable bonds is 6. The maximum atomic E-state index is 13.0. The summed E-state index contributed by atoms with van der Waals surface area (Å²) in [6.45, 7) is 2.29. The lowest BCUT2D eigenvalue weighted by Gasteiger charge is -2.27. The predicted molar refractivity (Wildman–Crippen MR) is 89.5 cm³/mol. The Hall–Kier alpha value is -1.28. The lowest BCUT2D eigenvalue weighted by Crippen LogP contribution is -2.36. The van der Waals surface area contributed by atoms with Crippen LogP contribution < -0.4 is 4.72 Å². The van der Waals surface area contributed by atoms with Crippen molar-refractivity contribution in [2.75, 3.05) is 19.6 Å². The van der Waals surface area contributed by atoms with Crippen molar-refractivity contribution in [2.45, 2.75) is 23.8 Å². The number of halogens is 1. The summed E-state index contributed by atoms with van der Waals surface area (Å²) in [5, 5.41) is 4.07. The number of hydrogen-bond acceptors (Lipinski definition) is 4. The van der Waals surface area contributed by atoms with E-state index in [4.69, 9.17) is 0 Å². The van der Waals surface area contributed by atoms with Gasteiger partial charge in [-0.15, -0.1) is 0 Å². The van der Waals surface area contributed by atoms with Crippen molar-refractivity contribution in [3.05, 3.63) is 52.5 Å². The summed E-state index contributed by atoms with van der Waals surface area (Å²) in [4.78, 5) is 2.40. The molecule has 1 fully saturated rings. The van der Waals surface area contributed by atoms with Gasteiger partial charge in [0, 0.05) is 12.6 Å². The number of sulfonamides is 1. The second kappa shape index (κ2) is 7.09. The van der Waals surface area contributed by atoms with Gasteiger partial charge in [0.15, 0.2) is 0 Å². The highest BCUT2D eigenvalue weighted by Crippen LogP contribution is 2.26. The van der Waals surface area contributed by atoms with Crippen LogP contribution in [-0.4, -0.2) is 33.0 Å². The molecular formula is C16H19FN2O2S2. The number of thiophene rings is 1. The molecule has 124 valence electrons. The molecule has 1 saturated heterocycles. The first-order valence-corrected chi connectivity index (χ1v) is 10.0. The highest BCUT2D eigenvalue weighted by atomic mass is 32.2. The molecule has 0 bridgehead atoms. The van der Waals surface area contributed by atoms with E-state index >= 15 is 0 Å². The molecule has 0 saturated carbocycles. The molecule has 2 heterocycles. The zero-order chi connectivity index (χ0) is 16.3. The maximum Gasteiger partial charge on any atom is 0.240 e. The average molecular weight is 354 g/mol.